The molecule has 0 fully saturated rings. The van der Waals surface area contributed by atoms with E-state index in [2.05, 4.69) is 5.32 Å². The molecule has 2 aromatic rings. The van der Waals surface area contributed by atoms with E-state index in [4.69, 9.17) is 16.3 Å². The average Bonchev–Trinajstić information content (AvgIpc) is 2.75. The van der Waals surface area contributed by atoms with Crippen molar-refractivity contribution in [1.82, 2.24) is 10.2 Å². The Morgan fingerprint density at radius 2 is 1.81 bits per heavy atom. The normalized spacial score (nSPS) is 12.0. The fraction of sp³-hybridized carbons (Fsp3) is 0.333. The second kappa shape index (κ2) is 10.5. The van der Waals surface area contributed by atoms with Crippen molar-refractivity contribution in [2.24, 2.45) is 0 Å². The summed E-state index contributed by atoms with van der Waals surface area (Å²) in [4.78, 5) is 26.8. The maximum Gasteiger partial charge on any atom is 0.244 e. The van der Waals surface area contributed by atoms with Crippen LogP contribution in [-0.4, -0.2) is 58.1 Å². The molecule has 0 aliphatic heterocycles. The minimum absolute atomic E-state index is 0.111. The Hall–Kier alpha value is -2.78. The van der Waals surface area contributed by atoms with Crippen molar-refractivity contribution < 1.29 is 22.7 Å². The first-order valence-electron chi connectivity index (χ1n) is 9.44. The van der Waals surface area contributed by atoms with Gasteiger partial charge in [-0.2, -0.15) is 0 Å². The number of amides is 2. The number of nitrogens with one attached hydrogen (secondary N) is 1. The lowest BCUT2D eigenvalue weighted by molar-refractivity contribution is -0.139. The smallest absolute Gasteiger partial charge is 0.244 e. The van der Waals surface area contributed by atoms with Gasteiger partial charge in [-0.25, -0.2) is 8.42 Å². The molecule has 0 spiro atoms. The molecule has 1 atom stereocenters. The molecule has 0 saturated heterocycles. The van der Waals surface area contributed by atoms with Crippen LogP contribution in [0.15, 0.2) is 48.5 Å². The van der Waals surface area contributed by atoms with Gasteiger partial charge < -0.3 is 15.0 Å². The topological polar surface area (TPSA) is 96.0 Å². The summed E-state index contributed by atoms with van der Waals surface area (Å²) in [6, 6.07) is 12.4. The van der Waals surface area contributed by atoms with Crippen molar-refractivity contribution in [3.8, 4) is 5.75 Å². The van der Waals surface area contributed by atoms with E-state index in [1.807, 2.05) is 0 Å². The number of methoxy groups -OCH3 is 1. The molecule has 0 aromatic heterocycles. The summed E-state index contributed by atoms with van der Waals surface area (Å²) in [6.45, 7) is 1.23. The lowest BCUT2D eigenvalue weighted by Gasteiger charge is -2.31. The highest BCUT2D eigenvalue weighted by molar-refractivity contribution is 7.92. The van der Waals surface area contributed by atoms with Gasteiger partial charge in [-0.15, -0.1) is 0 Å². The monoisotopic (exact) mass is 467 g/mol. The molecule has 0 unspecified atom stereocenters. The van der Waals surface area contributed by atoms with Crippen molar-refractivity contribution in [2.45, 2.75) is 19.5 Å². The van der Waals surface area contributed by atoms with E-state index in [0.717, 1.165) is 16.1 Å². The summed E-state index contributed by atoms with van der Waals surface area (Å²) in [5.41, 5.74) is 1.04. The van der Waals surface area contributed by atoms with Crippen molar-refractivity contribution in [3.05, 3.63) is 59.1 Å². The summed E-state index contributed by atoms with van der Waals surface area (Å²) >= 11 is 5.93. The molecular formula is C21H26ClN3O5S. The van der Waals surface area contributed by atoms with Crippen LogP contribution in [0.1, 0.15) is 12.5 Å². The SMILES string of the molecule is CNC(=O)[C@@H](C)N(Cc1ccc(Cl)cc1)C(=O)CN(c1cccc(OC)c1)S(C)(=O)=O. The Bertz CT molecular complexity index is 1030. The molecule has 2 amide bonds. The fourth-order valence-corrected chi connectivity index (χ4v) is 3.92. The number of likely N-dealkylation sites (N-methyl/N-ethyl adjacent to an activating group) is 1. The van der Waals surface area contributed by atoms with Gasteiger partial charge in [0.25, 0.3) is 0 Å². The van der Waals surface area contributed by atoms with Crippen LogP contribution in [-0.2, 0) is 26.2 Å². The van der Waals surface area contributed by atoms with Gasteiger partial charge in [0.2, 0.25) is 21.8 Å². The van der Waals surface area contributed by atoms with Crippen molar-refractivity contribution in [2.75, 3.05) is 31.3 Å². The van der Waals surface area contributed by atoms with E-state index in [-0.39, 0.29) is 18.1 Å². The van der Waals surface area contributed by atoms with E-state index < -0.39 is 28.5 Å². The van der Waals surface area contributed by atoms with Gasteiger partial charge in [-0.3, -0.25) is 13.9 Å². The van der Waals surface area contributed by atoms with Crippen LogP contribution in [0.4, 0.5) is 5.69 Å². The number of carbonyl (C=O) groups is 2. The van der Waals surface area contributed by atoms with Crippen LogP contribution >= 0.6 is 11.6 Å². The molecule has 2 aromatic carbocycles. The number of anilines is 1. The third-order valence-corrected chi connectivity index (χ3v) is 6.09. The summed E-state index contributed by atoms with van der Waals surface area (Å²) in [7, 11) is -0.848. The fourth-order valence-electron chi connectivity index (χ4n) is 2.96. The molecule has 10 heteroatoms. The first kappa shape index (κ1) is 24.5. The Balaban J connectivity index is 2.38. The number of hydrogen-bond donors (Lipinski definition) is 1. The Kier molecular flexibility index (Phi) is 8.29. The predicted octanol–water partition coefficient (Wildman–Crippen LogP) is 2.28. The summed E-state index contributed by atoms with van der Waals surface area (Å²) < 4.78 is 31.1. The second-order valence-corrected chi connectivity index (χ2v) is 9.25. The quantitative estimate of drug-likeness (QED) is 0.610. The van der Waals surface area contributed by atoms with E-state index in [0.29, 0.717) is 10.8 Å². The Morgan fingerprint density at radius 1 is 1.16 bits per heavy atom. The number of hydrogen-bond acceptors (Lipinski definition) is 5. The van der Waals surface area contributed by atoms with E-state index >= 15 is 0 Å². The third kappa shape index (κ3) is 6.60. The van der Waals surface area contributed by atoms with E-state index in [9.17, 15) is 18.0 Å². The van der Waals surface area contributed by atoms with Gasteiger partial charge in [0, 0.05) is 24.7 Å². The van der Waals surface area contributed by atoms with Crippen LogP contribution in [0.5, 0.6) is 5.75 Å². The molecule has 0 radical (unpaired) electrons. The zero-order valence-electron chi connectivity index (χ0n) is 17.8. The van der Waals surface area contributed by atoms with E-state index in [1.165, 1.54) is 25.1 Å². The van der Waals surface area contributed by atoms with Crippen molar-refractivity contribution in [3.63, 3.8) is 0 Å². The highest BCUT2D eigenvalue weighted by Gasteiger charge is 2.29. The number of rotatable bonds is 9. The zero-order chi connectivity index (χ0) is 23.2. The number of ether oxygens (including phenoxy) is 1. The van der Waals surface area contributed by atoms with Gasteiger partial charge in [0.05, 0.1) is 19.1 Å². The van der Waals surface area contributed by atoms with Gasteiger partial charge in [0.1, 0.15) is 18.3 Å². The molecule has 0 aliphatic carbocycles. The van der Waals surface area contributed by atoms with Gasteiger partial charge in [0.15, 0.2) is 0 Å². The predicted molar refractivity (Wildman–Crippen MR) is 121 cm³/mol. The standard InChI is InChI=1S/C21H26ClN3O5S/c1-15(21(27)23-2)24(13-16-8-10-17(22)11-9-16)20(26)14-25(31(4,28)29)18-6-5-7-19(12-18)30-3/h5-12,15H,13-14H2,1-4H3,(H,23,27)/t15-/m1/s1. The van der Waals surface area contributed by atoms with Crippen molar-refractivity contribution in [1.29, 1.82) is 0 Å². The molecule has 0 aliphatic rings. The summed E-state index contributed by atoms with van der Waals surface area (Å²) in [5, 5.41) is 3.07. The molecular weight excluding hydrogens is 442 g/mol. The second-order valence-electron chi connectivity index (χ2n) is 6.91. The maximum absolute atomic E-state index is 13.2. The molecule has 8 nitrogen and oxygen atoms in total. The van der Waals surface area contributed by atoms with Crippen molar-refractivity contribution >= 4 is 39.1 Å². The van der Waals surface area contributed by atoms with Gasteiger partial charge in [-0.05, 0) is 36.8 Å². The van der Waals surface area contributed by atoms with E-state index in [1.54, 1.807) is 49.4 Å². The lowest BCUT2D eigenvalue weighted by atomic mass is 10.1. The van der Waals surface area contributed by atoms with Crippen LogP contribution in [0.2, 0.25) is 5.02 Å². The molecule has 168 valence electrons. The molecule has 2 rings (SSSR count). The van der Waals surface area contributed by atoms with Crippen LogP contribution < -0.4 is 14.4 Å². The number of sulfonamides is 1. The van der Waals surface area contributed by atoms with Gasteiger partial charge in [-0.1, -0.05) is 29.8 Å². The summed E-state index contributed by atoms with van der Waals surface area (Å²) in [6.07, 6.45) is 1.02. The largest absolute Gasteiger partial charge is 0.497 e. The van der Waals surface area contributed by atoms with Crippen LogP contribution in [0.25, 0.3) is 0 Å². The average molecular weight is 468 g/mol. The Morgan fingerprint density at radius 3 is 2.35 bits per heavy atom. The molecule has 0 heterocycles. The minimum Gasteiger partial charge on any atom is -0.497 e. The molecule has 0 bridgehead atoms. The lowest BCUT2D eigenvalue weighted by Crippen LogP contribution is -2.50. The number of nitrogens with zero attached hydrogens (tertiary/aromatic N) is 2. The number of carbonyl (C=O) groups excluding carboxylic acids is 2. The Labute approximate surface area is 187 Å². The third-order valence-electron chi connectivity index (χ3n) is 4.70. The number of halogens is 1. The highest BCUT2D eigenvalue weighted by atomic mass is 35.5. The number of benzene rings is 2. The molecule has 0 saturated carbocycles. The maximum atomic E-state index is 13.2. The minimum atomic E-state index is -3.79. The zero-order valence-corrected chi connectivity index (χ0v) is 19.4. The van der Waals surface area contributed by atoms with Crippen LogP contribution in [0.3, 0.4) is 0 Å². The first-order chi connectivity index (χ1) is 14.6. The molecule has 31 heavy (non-hydrogen) atoms. The van der Waals surface area contributed by atoms with Crippen LogP contribution in [0, 0.1) is 0 Å². The molecule has 1 N–H and O–H groups in total. The van der Waals surface area contributed by atoms with Gasteiger partial charge >= 0.3 is 0 Å². The highest BCUT2D eigenvalue weighted by Crippen LogP contribution is 2.24. The summed E-state index contributed by atoms with van der Waals surface area (Å²) in [5.74, 6) is -0.441. The first-order valence-corrected chi connectivity index (χ1v) is 11.7.